The Morgan fingerprint density at radius 2 is 2.39 bits per heavy atom. The Bertz CT molecular complexity index is 564. The number of fused-ring (bicyclic) bond motifs is 1. The largest absolute Gasteiger partial charge is 0.369 e. The SMILES string of the molecule is CCNc1cn2ccnc2c(N(C)CC(N)=O)n1. The van der Waals surface area contributed by atoms with E-state index in [2.05, 4.69) is 15.3 Å². The van der Waals surface area contributed by atoms with Crippen molar-refractivity contribution in [1.82, 2.24) is 14.4 Å². The van der Waals surface area contributed by atoms with Gasteiger partial charge in [-0.05, 0) is 6.92 Å². The Balaban J connectivity index is 2.45. The number of likely N-dealkylation sites (N-methyl/N-ethyl adjacent to an activating group) is 1. The number of hydrogen-bond acceptors (Lipinski definition) is 5. The van der Waals surface area contributed by atoms with Crippen LogP contribution in [0.4, 0.5) is 11.6 Å². The maximum atomic E-state index is 11.0. The Labute approximate surface area is 105 Å². The normalized spacial score (nSPS) is 10.6. The molecule has 0 aliphatic rings. The lowest BCUT2D eigenvalue weighted by Gasteiger charge is -2.18. The summed E-state index contributed by atoms with van der Waals surface area (Å²) in [5, 5.41) is 3.14. The molecule has 0 bridgehead atoms. The maximum Gasteiger partial charge on any atom is 0.236 e. The minimum absolute atomic E-state index is 0.102. The minimum Gasteiger partial charge on any atom is -0.369 e. The molecule has 0 saturated heterocycles. The summed E-state index contributed by atoms with van der Waals surface area (Å²) in [6.07, 6.45) is 5.38. The molecule has 96 valence electrons. The van der Waals surface area contributed by atoms with Crippen LogP contribution in [0, 0.1) is 0 Å². The summed E-state index contributed by atoms with van der Waals surface area (Å²) in [4.78, 5) is 21.3. The molecule has 2 aromatic rings. The third-order valence-electron chi connectivity index (χ3n) is 2.47. The van der Waals surface area contributed by atoms with Crippen LogP contribution in [-0.4, -0.2) is 40.4 Å². The molecule has 3 N–H and O–H groups in total. The van der Waals surface area contributed by atoms with Gasteiger partial charge in [-0.25, -0.2) is 9.97 Å². The van der Waals surface area contributed by atoms with E-state index in [-0.39, 0.29) is 6.54 Å². The van der Waals surface area contributed by atoms with Crippen LogP contribution in [0.2, 0.25) is 0 Å². The lowest BCUT2D eigenvalue weighted by Crippen LogP contribution is -2.31. The molecular weight excluding hydrogens is 232 g/mol. The van der Waals surface area contributed by atoms with Gasteiger partial charge < -0.3 is 20.4 Å². The molecule has 0 spiro atoms. The second kappa shape index (κ2) is 4.91. The molecule has 0 fully saturated rings. The first-order valence-electron chi connectivity index (χ1n) is 5.69. The highest BCUT2D eigenvalue weighted by atomic mass is 16.1. The summed E-state index contributed by atoms with van der Waals surface area (Å²) >= 11 is 0. The zero-order chi connectivity index (χ0) is 13.1. The van der Waals surface area contributed by atoms with Gasteiger partial charge in [0.2, 0.25) is 5.91 Å². The van der Waals surface area contributed by atoms with E-state index in [1.807, 2.05) is 23.7 Å². The van der Waals surface area contributed by atoms with Crippen molar-refractivity contribution in [3.05, 3.63) is 18.6 Å². The maximum absolute atomic E-state index is 11.0. The van der Waals surface area contributed by atoms with Crippen molar-refractivity contribution in [2.45, 2.75) is 6.92 Å². The van der Waals surface area contributed by atoms with Crippen LogP contribution in [0.3, 0.4) is 0 Å². The van der Waals surface area contributed by atoms with Gasteiger partial charge in [0.1, 0.15) is 5.82 Å². The summed E-state index contributed by atoms with van der Waals surface area (Å²) < 4.78 is 1.86. The fraction of sp³-hybridized carbons (Fsp3) is 0.364. The fourth-order valence-corrected chi connectivity index (χ4v) is 1.75. The van der Waals surface area contributed by atoms with Crippen LogP contribution >= 0.6 is 0 Å². The molecule has 2 rings (SSSR count). The van der Waals surface area contributed by atoms with E-state index in [0.717, 1.165) is 12.4 Å². The molecular formula is C11H16N6O. The number of amides is 1. The number of imidazole rings is 1. The molecule has 1 amide bonds. The highest BCUT2D eigenvalue weighted by Crippen LogP contribution is 2.19. The second-order valence-corrected chi connectivity index (χ2v) is 3.96. The fourth-order valence-electron chi connectivity index (χ4n) is 1.75. The van der Waals surface area contributed by atoms with Crippen LogP contribution < -0.4 is 16.0 Å². The van der Waals surface area contributed by atoms with Crippen molar-refractivity contribution in [3.8, 4) is 0 Å². The number of carbonyl (C=O) groups is 1. The van der Waals surface area contributed by atoms with E-state index >= 15 is 0 Å². The smallest absolute Gasteiger partial charge is 0.236 e. The van der Waals surface area contributed by atoms with Crippen LogP contribution in [0.15, 0.2) is 18.6 Å². The number of nitrogens with one attached hydrogen (secondary N) is 1. The third kappa shape index (κ3) is 2.34. The molecule has 7 heteroatoms. The number of anilines is 2. The number of aromatic nitrogens is 3. The van der Waals surface area contributed by atoms with Gasteiger partial charge in [0, 0.05) is 26.0 Å². The molecule has 0 aliphatic carbocycles. The van der Waals surface area contributed by atoms with Crippen LogP contribution in [0.1, 0.15) is 6.92 Å². The van der Waals surface area contributed by atoms with Gasteiger partial charge in [-0.2, -0.15) is 0 Å². The molecule has 0 radical (unpaired) electrons. The van der Waals surface area contributed by atoms with Crippen molar-refractivity contribution >= 4 is 23.2 Å². The first-order valence-corrected chi connectivity index (χ1v) is 5.69. The molecule has 0 atom stereocenters. The van der Waals surface area contributed by atoms with Gasteiger partial charge in [0.25, 0.3) is 0 Å². The molecule has 2 heterocycles. The van der Waals surface area contributed by atoms with E-state index in [1.54, 1.807) is 18.1 Å². The van der Waals surface area contributed by atoms with Gasteiger partial charge in [0.15, 0.2) is 11.5 Å². The summed E-state index contributed by atoms with van der Waals surface area (Å²) in [7, 11) is 1.76. The van der Waals surface area contributed by atoms with E-state index in [0.29, 0.717) is 11.5 Å². The number of carbonyl (C=O) groups excluding carboxylic acids is 1. The van der Waals surface area contributed by atoms with Gasteiger partial charge >= 0.3 is 0 Å². The van der Waals surface area contributed by atoms with Crippen LogP contribution in [0.25, 0.3) is 5.65 Å². The predicted octanol–water partition coefficient (Wildman–Crippen LogP) is 0.0826. The van der Waals surface area contributed by atoms with Crippen molar-refractivity contribution in [2.75, 3.05) is 30.4 Å². The lowest BCUT2D eigenvalue weighted by molar-refractivity contribution is -0.116. The zero-order valence-corrected chi connectivity index (χ0v) is 10.4. The molecule has 0 unspecified atom stereocenters. The number of nitrogens with two attached hydrogens (primary N) is 1. The van der Waals surface area contributed by atoms with E-state index < -0.39 is 5.91 Å². The summed E-state index contributed by atoms with van der Waals surface area (Å²) in [5.41, 5.74) is 5.89. The molecule has 18 heavy (non-hydrogen) atoms. The number of primary amides is 1. The van der Waals surface area contributed by atoms with Crippen molar-refractivity contribution in [3.63, 3.8) is 0 Å². The summed E-state index contributed by atoms with van der Waals surface area (Å²) in [6, 6.07) is 0. The summed E-state index contributed by atoms with van der Waals surface area (Å²) in [6.45, 7) is 2.86. The van der Waals surface area contributed by atoms with Gasteiger partial charge in [-0.1, -0.05) is 0 Å². The van der Waals surface area contributed by atoms with Gasteiger partial charge in [0.05, 0.1) is 12.7 Å². The molecule has 7 nitrogen and oxygen atoms in total. The predicted molar refractivity (Wildman–Crippen MR) is 69.6 cm³/mol. The van der Waals surface area contributed by atoms with Gasteiger partial charge in [-0.15, -0.1) is 0 Å². The highest BCUT2D eigenvalue weighted by Gasteiger charge is 2.13. The second-order valence-electron chi connectivity index (χ2n) is 3.96. The van der Waals surface area contributed by atoms with Crippen LogP contribution in [0.5, 0.6) is 0 Å². The first-order chi connectivity index (χ1) is 8.61. The molecule has 2 aromatic heterocycles. The zero-order valence-electron chi connectivity index (χ0n) is 10.4. The Kier molecular flexibility index (Phi) is 3.31. The summed E-state index contributed by atoms with van der Waals surface area (Å²) in [5.74, 6) is 0.949. The van der Waals surface area contributed by atoms with E-state index in [9.17, 15) is 4.79 Å². The highest BCUT2D eigenvalue weighted by molar-refractivity contribution is 5.81. The quantitative estimate of drug-likeness (QED) is 0.782. The topological polar surface area (TPSA) is 88.5 Å². The van der Waals surface area contributed by atoms with Gasteiger partial charge in [-0.3, -0.25) is 4.79 Å². The molecule has 0 saturated carbocycles. The Hall–Kier alpha value is -2.31. The Morgan fingerprint density at radius 1 is 1.61 bits per heavy atom. The standard InChI is InChI=1S/C11H16N6O/c1-3-13-9-7-17-5-4-14-10(17)11(15-9)16(2)6-8(12)18/h4-5,7,13H,3,6H2,1-2H3,(H2,12,18). The molecule has 0 aliphatic heterocycles. The Morgan fingerprint density at radius 3 is 3.06 bits per heavy atom. The van der Waals surface area contributed by atoms with E-state index in [1.165, 1.54) is 0 Å². The lowest BCUT2D eigenvalue weighted by atomic mass is 10.4. The monoisotopic (exact) mass is 248 g/mol. The number of hydrogen-bond donors (Lipinski definition) is 2. The van der Waals surface area contributed by atoms with Crippen LogP contribution in [-0.2, 0) is 4.79 Å². The average molecular weight is 248 g/mol. The molecule has 0 aromatic carbocycles. The number of nitrogens with zero attached hydrogens (tertiary/aromatic N) is 4. The number of rotatable bonds is 5. The third-order valence-corrected chi connectivity index (χ3v) is 2.47. The van der Waals surface area contributed by atoms with Crippen molar-refractivity contribution in [2.24, 2.45) is 5.73 Å². The minimum atomic E-state index is -0.405. The van der Waals surface area contributed by atoms with E-state index in [4.69, 9.17) is 5.73 Å². The first kappa shape index (κ1) is 12.2. The van der Waals surface area contributed by atoms with Crippen molar-refractivity contribution in [1.29, 1.82) is 0 Å². The average Bonchev–Trinajstić information content (AvgIpc) is 2.75. The van der Waals surface area contributed by atoms with Crippen molar-refractivity contribution < 1.29 is 4.79 Å².